The molecule has 0 spiro atoms. The maximum absolute atomic E-state index is 13.6. The maximum atomic E-state index is 13.6. The molecule has 4 rings (SSSR count). The number of halogens is 2. The van der Waals surface area contributed by atoms with E-state index >= 15 is 0 Å². The van der Waals surface area contributed by atoms with Crippen molar-refractivity contribution < 1.29 is 4.79 Å². The number of para-hydroxylation sites is 1. The Hall–Kier alpha value is -2.14. The summed E-state index contributed by atoms with van der Waals surface area (Å²) in [6.45, 7) is 9.82. The number of carbonyl (C=O) groups excluding carboxylic acids is 1. The summed E-state index contributed by atoms with van der Waals surface area (Å²) >= 11 is 0. The van der Waals surface area contributed by atoms with Crippen molar-refractivity contribution in [1.82, 2.24) is 9.88 Å². The van der Waals surface area contributed by atoms with Crippen molar-refractivity contribution in [3.05, 3.63) is 65.2 Å². The fraction of sp³-hybridized carbons (Fsp3) is 0.360. The summed E-state index contributed by atoms with van der Waals surface area (Å²) in [6, 6.07) is 16.3. The molecule has 1 aromatic heterocycles. The van der Waals surface area contributed by atoms with Gasteiger partial charge < -0.3 is 10.6 Å². The van der Waals surface area contributed by atoms with Gasteiger partial charge in [0.1, 0.15) is 0 Å². The van der Waals surface area contributed by atoms with Crippen LogP contribution in [0.1, 0.15) is 41.8 Å². The third-order valence-electron chi connectivity index (χ3n) is 6.20. The smallest absolute Gasteiger partial charge is 0.254 e. The Morgan fingerprint density at radius 3 is 2.48 bits per heavy atom. The molecule has 166 valence electrons. The molecule has 1 saturated heterocycles. The highest BCUT2D eigenvalue weighted by Crippen LogP contribution is 2.32. The second-order valence-corrected chi connectivity index (χ2v) is 9.00. The number of likely N-dealkylation sites (tertiary alicyclic amines) is 1. The number of nitrogens with two attached hydrogens (primary N) is 1. The first-order valence-electron chi connectivity index (χ1n) is 10.3. The SMILES string of the molecule is Cc1ccc(-c2cc(C(=O)N3CCC(N)C(C)(C)C3)c3ccccc3n2)c(C)c1.Cl.Cl. The molecule has 2 heterocycles. The van der Waals surface area contributed by atoms with Gasteiger partial charge in [-0.25, -0.2) is 4.98 Å². The van der Waals surface area contributed by atoms with E-state index in [9.17, 15) is 4.79 Å². The number of hydrogen-bond acceptors (Lipinski definition) is 3. The van der Waals surface area contributed by atoms with Gasteiger partial charge in [-0.05, 0) is 43.4 Å². The summed E-state index contributed by atoms with van der Waals surface area (Å²) in [6.07, 6.45) is 0.825. The third-order valence-corrected chi connectivity index (χ3v) is 6.20. The number of fused-ring (bicyclic) bond motifs is 1. The zero-order chi connectivity index (χ0) is 20.8. The second-order valence-electron chi connectivity index (χ2n) is 9.00. The molecule has 0 aliphatic carbocycles. The molecule has 1 atom stereocenters. The Kier molecular flexibility index (Phi) is 7.75. The average molecular weight is 460 g/mol. The monoisotopic (exact) mass is 459 g/mol. The van der Waals surface area contributed by atoms with Gasteiger partial charge in [0.2, 0.25) is 0 Å². The minimum absolute atomic E-state index is 0. The van der Waals surface area contributed by atoms with E-state index < -0.39 is 0 Å². The predicted molar refractivity (Wildman–Crippen MR) is 133 cm³/mol. The molecule has 0 radical (unpaired) electrons. The molecule has 31 heavy (non-hydrogen) atoms. The molecule has 1 amide bonds. The van der Waals surface area contributed by atoms with E-state index in [4.69, 9.17) is 10.7 Å². The molecule has 1 aliphatic rings. The van der Waals surface area contributed by atoms with Gasteiger partial charge in [0.15, 0.2) is 0 Å². The van der Waals surface area contributed by atoms with Gasteiger partial charge >= 0.3 is 0 Å². The minimum Gasteiger partial charge on any atom is -0.338 e. The largest absolute Gasteiger partial charge is 0.338 e. The minimum atomic E-state index is -0.0902. The first-order valence-corrected chi connectivity index (χ1v) is 10.3. The van der Waals surface area contributed by atoms with E-state index in [0.717, 1.165) is 39.7 Å². The van der Waals surface area contributed by atoms with Crippen LogP contribution in [0.25, 0.3) is 22.2 Å². The van der Waals surface area contributed by atoms with Crippen molar-refractivity contribution in [3.8, 4) is 11.3 Å². The van der Waals surface area contributed by atoms with Crippen LogP contribution >= 0.6 is 24.8 Å². The van der Waals surface area contributed by atoms with Crippen LogP contribution in [-0.4, -0.2) is 34.9 Å². The topological polar surface area (TPSA) is 59.2 Å². The summed E-state index contributed by atoms with van der Waals surface area (Å²) in [5, 5.41) is 0.902. The molecular formula is C25H31Cl2N3O. The molecule has 0 bridgehead atoms. The van der Waals surface area contributed by atoms with Gasteiger partial charge in [0.25, 0.3) is 5.91 Å². The highest BCUT2D eigenvalue weighted by atomic mass is 35.5. The first kappa shape index (κ1) is 25.1. The van der Waals surface area contributed by atoms with Crippen LogP contribution in [0.3, 0.4) is 0 Å². The zero-order valence-electron chi connectivity index (χ0n) is 18.5. The summed E-state index contributed by atoms with van der Waals surface area (Å²) in [5.74, 6) is 0.0644. The van der Waals surface area contributed by atoms with E-state index in [1.54, 1.807) is 0 Å². The number of hydrogen-bond donors (Lipinski definition) is 1. The predicted octanol–water partition coefficient (Wildman–Crippen LogP) is 5.56. The van der Waals surface area contributed by atoms with E-state index in [1.807, 2.05) is 35.2 Å². The van der Waals surface area contributed by atoms with Crippen molar-refractivity contribution in [3.63, 3.8) is 0 Å². The summed E-state index contributed by atoms with van der Waals surface area (Å²) in [5.41, 5.74) is 12.1. The Morgan fingerprint density at radius 1 is 1.10 bits per heavy atom. The van der Waals surface area contributed by atoms with Gasteiger partial charge in [0.05, 0.1) is 16.8 Å². The highest BCUT2D eigenvalue weighted by molar-refractivity contribution is 6.07. The number of carbonyl (C=O) groups is 1. The molecule has 1 unspecified atom stereocenters. The number of benzene rings is 2. The molecule has 1 fully saturated rings. The maximum Gasteiger partial charge on any atom is 0.254 e. The number of aromatic nitrogens is 1. The van der Waals surface area contributed by atoms with Crippen LogP contribution in [0.4, 0.5) is 0 Å². The number of aryl methyl sites for hydroxylation is 2. The Morgan fingerprint density at radius 2 is 1.81 bits per heavy atom. The van der Waals surface area contributed by atoms with Crippen LogP contribution in [0, 0.1) is 19.3 Å². The Balaban J connectivity index is 0.00000171. The lowest BCUT2D eigenvalue weighted by molar-refractivity contribution is 0.0535. The molecule has 1 aliphatic heterocycles. The van der Waals surface area contributed by atoms with Gasteiger partial charge in [-0.3, -0.25) is 4.79 Å². The number of pyridine rings is 1. The standard InChI is InChI=1S/C25H29N3O.2ClH/c1-16-9-10-18(17(2)13-16)22-14-20(19-7-5-6-8-21(19)27-22)24(29)28-12-11-23(26)25(3,4)15-28;;/h5-10,13-14,23H,11-12,15,26H2,1-4H3;2*1H. The zero-order valence-corrected chi connectivity index (χ0v) is 20.1. The number of rotatable bonds is 2. The number of amides is 1. The van der Waals surface area contributed by atoms with Crippen LogP contribution in [0.15, 0.2) is 48.5 Å². The highest BCUT2D eigenvalue weighted by Gasteiger charge is 2.36. The van der Waals surface area contributed by atoms with Crippen LogP contribution in [-0.2, 0) is 0 Å². The van der Waals surface area contributed by atoms with E-state index in [0.29, 0.717) is 13.1 Å². The van der Waals surface area contributed by atoms with Gasteiger partial charge in [0, 0.05) is 30.1 Å². The van der Waals surface area contributed by atoms with E-state index in [-0.39, 0.29) is 42.2 Å². The van der Waals surface area contributed by atoms with Crippen LogP contribution < -0.4 is 5.73 Å². The van der Waals surface area contributed by atoms with Gasteiger partial charge in [-0.2, -0.15) is 0 Å². The average Bonchev–Trinajstić information content (AvgIpc) is 2.68. The van der Waals surface area contributed by atoms with E-state index in [1.165, 1.54) is 5.56 Å². The molecule has 2 N–H and O–H groups in total. The Bertz CT molecular complexity index is 1100. The van der Waals surface area contributed by atoms with Crippen molar-refractivity contribution >= 4 is 41.6 Å². The fourth-order valence-electron chi connectivity index (χ4n) is 4.31. The van der Waals surface area contributed by atoms with Crippen LogP contribution in [0.5, 0.6) is 0 Å². The molecule has 6 heteroatoms. The third kappa shape index (κ3) is 4.87. The second kappa shape index (κ2) is 9.56. The molecule has 4 nitrogen and oxygen atoms in total. The lowest BCUT2D eigenvalue weighted by Crippen LogP contribution is -2.54. The van der Waals surface area contributed by atoms with Gasteiger partial charge in [-0.1, -0.05) is 55.8 Å². The quantitative estimate of drug-likeness (QED) is 0.545. The summed E-state index contributed by atoms with van der Waals surface area (Å²) in [7, 11) is 0. The van der Waals surface area contributed by atoms with Crippen molar-refractivity contribution in [1.29, 1.82) is 0 Å². The summed E-state index contributed by atoms with van der Waals surface area (Å²) < 4.78 is 0. The summed E-state index contributed by atoms with van der Waals surface area (Å²) in [4.78, 5) is 20.4. The lowest BCUT2D eigenvalue weighted by Gasteiger charge is -2.42. The molecule has 2 aromatic carbocycles. The first-order chi connectivity index (χ1) is 13.8. The van der Waals surface area contributed by atoms with Crippen molar-refractivity contribution in [2.24, 2.45) is 11.1 Å². The lowest BCUT2D eigenvalue weighted by atomic mass is 9.79. The Labute approximate surface area is 197 Å². The van der Waals surface area contributed by atoms with E-state index in [2.05, 4.69) is 45.9 Å². The van der Waals surface area contributed by atoms with Gasteiger partial charge in [-0.15, -0.1) is 24.8 Å². The molecule has 0 saturated carbocycles. The normalized spacial score (nSPS) is 17.6. The molecule has 3 aromatic rings. The van der Waals surface area contributed by atoms with Crippen molar-refractivity contribution in [2.45, 2.75) is 40.2 Å². The van der Waals surface area contributed by atoms with Crippen molar-refractivity contribution in [2.75, 3.05) is 13.1 Å². The number of piperidine rings is 1. The fourth-order valence-corrected chi connectivity index (χ4v) is 4.31. The van der Waals surface area contributed by atoms with Crippen LogP contribution in [0.2, 0.25) is 0 Å². The number of nitrogens with zero attached hydrogens (tertiary/aromatic N) is 2. The molecular weight excluding hydrogens is 429 g/mol.